The van der Waals surface area contributed by atoms with E-state index in [0.29, 0.717) is 5.41 Å². The minimum atomic E-state index is 0.469. The summed E-state index contributed by atoms with van der Waals surface area (Å²) in [5.74, 6) is 1.79. The van der Waals surface area contributed by atoms with Crippen LogP contribution in [-0.4, -0.2) is 44.3 Å². The fourth-order valence-corrected chi connectivity index (χ4v) is 4.63. The van der Waals surface area contributed by atoms with Crippen LogP contribution in [0.2, 0.25) is 0 Å². The van der Waals surface area contributed by atoms with Gasteiger partial charge in [-0.25, -0.2) is 0 Å². The zero-order valence-corrected chi connectivity index (χ0v) is 16.8. The van der Waals surface area contributed by atoms with Crippen molar-refractivity contribution in [1.82, 2.24) is 4.90 Å². The molecule has 4 nitrogen and oxygen atoms in total. The summed E-state index contributed by atoms with van der Waals surface area (Å²) in [5.41, 5.74) is 2.72. The molecule has 0 radical (unpaired) electrons. The predicted octanol–water partition coefficient (Wildman–Crippen LogP) is 4.79. The van der Waals surface area contributed by atoms with Crippen molar-refractivity contribution in [2.75, 3.05) is 44.3 Å². The van der Waals surface area contributed by atoms with Gasteiger partial charge in [0, 0.05) is 40.5 Å². The Bertz CT molecular complexity index is 779. The molecule has 2 aromatic carbocycles. The topological polar surface area (TPSA) is 24.9 Å². The predicted molar refractivity (Wildman–Crippen MR) is 105 cm³/mol. The Hall–Kier alpha value is -1.08. The Labute approximate surface area is 164 Å². The Balaban J connectivity index is 1.40. The van der Waals surface area contributed by atoms with Crippen LogP contribution in [0.1, 0.15) is 0 Å². The molecule has 0 amide bonds. The highest BCUT2D eigenvalue weighted by atomic mass is 79.9. The van der Waals surface area contributed by atoms with Crippen LogP contribution in [-0.2, 0) is 4.74 Å². The number of hydrogen-bond acceptors (Lipinski definition) is 4. The molecule has 0 bridgehead atoms. The largest absolute Gasteiger partial charge is 0.453 e. The van der Waals surface area contributed by atoms with Crippen LogP contribution in [0, 0.1) is 5.41 Å². The van der Waals surface area contributed by atoms with E-state index in [1.54, 1.807) is 0 Å². The standard InChI is InChI=1S/C19H18Br2N2O2/c20-13-1-3-15-17(7-13)25-18-8-14(21)2-4-16(18)23(15)6-5-22-9-19(10-22)11-24-12-19/h1-4,7-8H,5-6,9-12H2. The third-order valence-corrected chi connectivity index (χ3v) is 6.21. The number of halogens is 2. The van der Waals surface area contributed by atoms with Gasteiger partial charge in [0.1, 0.15) is 0 Å². The Morgan fingerprint density at radius 1 is 0.880 bits per heavy atom. The van der Waals surface area contributed by atoms with Crippen LogP contribution in [0.15, 0.2) is 45.3 Å². The molecule has 0 N–H and O–H groups in total. The van der Waals surface area contributed by atoms with Crippen molar-refractivity contribution < 1.29 is 9.47 Å². The SMILES string of the molecule is Brc1ccc2c(c1)Oc1cc(Br)ccc1N2CCN1CC2(COC2)C1. The number of nitrogens with zero attached hydrogens (tertiary/aromatic N) is 2. The summed E-state index contributed by atoms with van der Waals surface area (Å²) in [5, 5.41) is 0. The monoisotopic (exact) mass is 464 g/mol. The van der Waals surface area contributed by atoms with Crippen LogP contribution >= 0.6 is 31.9 Å². The number of fused-ring (bicyclic) bond motifs is 2. The van der Waals surface area contributed by atoms with E-state index in [-0.39, 0.29) is 0 Å². The van der Waals surface area contributed by atoms with E-state index in [2.05, 4.69) is 65.9 Å². The number of ether oxygens (including phenoxy) is 2. The van der Waals surface area contributed by atoms with Gasteiger partial charge < -0.3 is 19.3 Å². The quantitative estimate of drug-likeness (QED) is 0.650. The van der Waals surface area contributed by atoms with Gasteiger partial charge in [0.15, 0.2) is 11.5 Å². The average molecular weight is 466 g/mol. The third kappa shape index (κ3) is 2.79. The Kier molecular flexibility index (Phi) is 3.85. The van der Waals surface area contributed by atoms with Crippen LogP contribution < -0.4 is 9.64 Å². The van der Waals surface area contributed by atoms with Crippen LogP contribution in [0.4, 0.5) is 11.4 Å². The zero-order chi connectivity index (χ0) is 17.0. The third-order valence-electron chi connectivity index (χ3n) is 5.22. The van der Waals surface area contributed by atoms with Crippen molar-refractivity contribution >= 4 is 43.2 Å². The van der Waals surface area contributed by atoms with Crippen LogP contribution in [0.25, 0.3) is 0 Å². The molecule has 6 heteroatoms. The molecule has 0 saturated carbocycles. The van der Waals surface area contributed by atoms with E-state index in [9.17, 15) is 0 Å². The highest BCUT2D eigenvalue weighted by Gasteiger charge is 2.48. The maximum absolute atomic E-state index is 6.14. The van der Waals surface area contributed by atoms with Gasteiger partial charge in [-0.1, -0.05) is 31.9 Å². The molecule has 3 aliphatic heterocycles. The van der Waals surface area contributed by atoms with Crippen molar-refractivity contribution in [3.63, 3.8) is 0 Å². The van der Waals surface area contributed by atoms with Gasteiger partial charge in [-0.15, -0.1) is 0 Å². The summed E-state index contributed by atoms with van der Waals surface area (Å²) in [6, 6.07) is 12.5. The highest BCUT2D eigenvalue weighted by molar-refractivity contribution is 9.10. The first kappa shape index (κ1) is 16.1. The van der Waals surface area contributed by atoms with Gasteiger partial charge in [0.05, 0.1) is 24.6 Å². The van der Waals surface area contributed by atoms with Gasteiger partial charge in [-0.2, -0.15) is 0 Å². The molecular formula is C19H18Br2N2O2. The molecule has 5 rings (SSSR count). The molecule has 0 aliphatic carbocycles. The molecule has 3 heterocycles. The Morgan fingerprint density at radius 3 is 2.00 bits per heavy atom. The first-order chi connectivity index (χ1) is 12.1. The lowest BCUT2D eigenvalue weighted by Crippen LogP contribution is -2.66. The maximum atomic E-state index is 6.14. The van der Waals surface area contributed by atoms with Crippen LogP contribution in [0.5, 0.6) is 11.5 Å². The van der Waals surface area contributed by atoms with E-state index < -0.39 is 0 Å². The van der Waals surface area contributed by atoms with Gasteiger partial charge in [0.25, 0.3) is 0 Å². The molecule has 2 fully saturated rings. The highest BCUT2D eigenvalue weighted by Crippen LogP contribution is 2.48. The number of likely N-dealkylation sites (tertiary alicyclic amines) is 1. The fourth-order valence-electron chi connectivity index (χ4n) is 3.95. The molecular weight excluding hydrogens is 448 g/mol. The zero-order valence-electron chi connectivity index (χ0n) is 13.7. The molecule has 130 valence electrons. The maximum Gasteiger partial charge on any atom is 0.152 e. The second kappa shape index (κ2) is 5.98. The molecule has 1 spiro atoms. The molecule has 0 atom stereocenters. The van der Waals surface area contributed by atoms with E-state index in [1.807, 2.05) is 12.1 Å². The normalized spacial score (nSPS) is 20.3. The van der Waals surface area contributed by atoms with E-state index in [4.69, 9.17) is 9.47 Å². The van der Waals surface area contributed by atoms with Gasteiger partial charge in [0.2, 0.25) is 0 Å². The minimum Gasteiger partial charge on any atom is -0.453 e. The molecule has 3 aliphatic rings. The number of benzene rings is 2. The van der Waals surface area contributed by atoms with Crippen LogP contribution in [0.3, 0.4) is 0 Å². The first-order valence-electron chi connectivity index (χ1n) is 8.47. The number of anilines is 2. The lowest BCUT2D eigenvalue weighted by atomic mass is 9.78. The van der Waals surface area contributed by atoms with E-state index in [0.717, 1.165) is 71.2 Å². The molecule has 2 saturated heterocycles. The van der Waals surface area contributed by atoms with E-state index >= 15 is 0 Å². The van der Waals surface area contributed by atoms with Crippen molar-refractivity contribution in [3.05, 3.63) is 45.3 Å². The van der Waals surface area contributed by atoms with E-state index in [1.165, 1.54) is 0 Å². The summed E-state index contributed by atoms with van der Waals surface area (Å²) >= 11 is 7.09. The number of hydrogen-bond donors (Lipinski definition) is 0. The summed E-state index contributed by atoms with van der Waals surface area (Å²) in [6.07, 6.45) is 0. The fraction of sp³-hybridized carbons (Fsp3) is 0.368. The smallest absolute Gasteiger partial charge is 0.152 e. The van der Waals surface area contributed by atoms with Crippen molar-refractivity contribution in [2.45, 2.75) is 0 Å². The summed E-state index contributed by atoms with van der Waals surface area (Å²) in [6.45, 7) is 6.20. The summed E-state index contributed by atoms with van der Waals surface area (Å²) < 4.78 is 13.6. The lowest BCUT2D eigenvalue weighted by molar-refractivity contribution is -0.187. The van der Waals surface area contributed by atoms with Gasteiger partial charge in [-0.05, 0) is 36.4 Å². The van der Waals surface area contributed by atoms with Crippen molar-refractivity contribution in [2.24, 2.45) is 5.41 Å². The second-order valence-electron chi connectivity index (χ2n) is 7.18. The summed E-state index contributed by atoms with van der Waals surface area (Å²) in [4.78, 5) is 4.89. The molecule has 2 aromatic rings. The van der Waals surface area contributed by atoms with Crippen molar-refractivity contribution in [3.8, 4) is 11.5 Å². The number of rotatable bonds is 3. The second-order valence-corrected chi connectivity index (χ2v) is 9.01. The van der Waals surface area contributed by atoms with Crippen molar-refractivity contribution in [1.29, 1.82) is 0 Å². The molecule has 0 unspecified atom stereocenters. The Morgan fingerprint density at radius 2 is 1.48 bits per heavy atom. The van der Waals surface area contributed by atoms with Gasteiger partial charge >= 0.3 is 0 Å². The summed E-state index contributed by atoms with van der Waals surface area (Å²) in [7, 11) is 0. The first-order valence-corrected chi connectivity index (χ1v) is 10.1. The molecule has 0 aromatic heterocycles. The minimum absolute atomic E-state index is 0.469. The average Bonchev–Trinajstić information content (AvgIpc) is 2.50. The van der Waals surface area contributed by atoms with Gasteiger partial charge in [-0.3, -0.25) is 0 Å². The lowest BCUT2D eigenvalue weighted by Gasteiger charge is -2.55. The molecule has 25 heavy (non-hydrogen) atoms.